The average Bonchev–Trinajstić information content (AvgIpc) is 3.51. The molecule has 1 fully saturated rings. The van der Waals surface area contributed by atoms with E-state index in [2.05, 4.69) is 21.4 Å². The van der Waals surface area contributed by atoms with Crippen molar-refractivity contribution in [1.82, 2.24) is 24.7 Å². The van der Waals surface area contributed by atoms with Crippen LogP contribution in [0.4, 0.5) is 10.6 Å². The van der Waals surface area contributed by atoms with E-state index in [4.69, 9.17) is 4.74 Å². The van der Waals surface area contributed by atoms with Crippen molar-refractivity contribution >= 4 is 47.0 Å². The largest absolute Gasteiger partial charge is 0.444 e. The number of anilines is 1. The zero-order valence-corrected chi connectivity index (χ0v) is 29.1. The average molecular weight is 663 g/mol. The summed E-state index contributed by atoms with van der Waals surface area (Å²) in [5.74, 6) is 0.233. The number of rotatable bonds is 6. The predicted molar refractivity (Wildman–Crippen MR) is 182 cm³/mol. The highest BCUT2D eigenvalue weighted by Crippen LogP contribution is 2.41. The summed E-state index contributed by atoms with van der Waals surface area (Å²) in [4.78, 5) is 66.4. The highest BCUT2D eigenvalue weighted by molar-refractivity contribution is 7.09. The normalized spacial score (nSPS) is 18.1. The van der Waals surface area contributed by atoms with Gasteiger partial charge in [-0.25, -0.2) is 14.8 Å². The molecule has 0 aromatic carbocycles. The van der Waals surface area contributed by atoms with E-state index < -0.39 is 22.6 Å². The number of hydrogen-bond acceptors (Lipinski definition) is 8. The van der Waals surface area contributed by atoms with Crippen LogP contribution in [0.3, 0.4) is 0 Å². The number of thiazole rings is 1. The molecule has 0 saturated carbocycles. The Morgan fingerprint density at radius 3 is 2.45 bits per heavy atom. The topological polar surface area (TPSA) is 125 Å². The molecule has 11 nitrogen and oxygen atoms in total. The monoisotopic (exact) mass is 662 g/mol. The van der Waals surface area contributed by atoms with E-state index in [-0.39, 0.29) is 24.3 Å². The number of amides is 4. The number of likely N-dealkylation sites (tertiary alicyclic amines) is 1. The third-order valence-electron chi connectivity index (χ3n) is 8.92. The van der Waals surface area contributed by atoms with Crippen molar-refractivity contribution in [2.75, 3.05) is 38.0 Å². The van der Waals surface area contributed by atoms with Crippen LogP contribution in [0.2, 0.25) is 0 Å². The lowest BCUT2D eigenvalue weighted by atomic mass is 9.71. The first-order valence-corrected chi connectivity index (χ1v) is 17.1. The maximum absolute atomic E-state index is 13.4. The van der Waals surface area contributed by atoms with Gasteiger partial charge in [-0.05, 0) is 90.5 Å². The van der Waals surface area contributed by atoms with Crippen molar-refractivity contribution in [3.8, 4) is 0 Å². The van der Waals surface area contributed by atoms with Gasteiger partial charge in [-0.15, -0.1) is 11.3 Å². The van der Waals surface area contributed by atoms with Crippen molar-refractivity contribution in [2.45, 2.75) is 84.8 Å². The molecular weight excluding hydrogens is 616 g/mol. The first kappa shape index (κ1) is 34.3. The van der Waals surface area contributed by atoms with Crippen molar-refractivity contribution in [3.63, 3.8) is 0 Å². The Morgan fingerprint density at radius 1 is 1.09 bits per heavy atom. The molecule has 3 aliphatic heterocycles. The summed E-state index contributed by atoms with van der Waals surface area (Å²) in [5, 5.41) is 6.06. The minimum atomic E-state index is -0.677. The van der Waals surface area contributed by atoms with E-state index in [9.17, 15) is 19.2 Å². The minimum absolute atomic E-state index is 0.0502. The zero-order chi connectivity index (χ0) is 34.0. The number of carbonyl (C=O) groups excluding carboxylic acids is 4. The molecule has 1 spiro atoms. The fourth-order valence-corrected chi connectivity index (χ4v) is 6.82. The van der Waals surface area contributed by atoms with Gasteiger partial charge in [0, 0.05) is 62.0 Å². The third-order valence-corrected chi connectivity index (χ3v) is 9.70. The van der Waals surface area contributed by atoms with Crippen LogP contribution in [0.5, 0.6) is 0 Å². The van der Waals surface area contributed by atoms with Crippen LogP contribution < -0.4 is 5.32 Å². The first-order valence-electron chi connectivity index (χ1n) is 16.2. The van der Waals surface area contributed by atoms with Crippen molar-refractivity contribution < 1.29 is 23.9 Å². The summed E-state index contributed by atoms with van der Waals surface area (Å²) in [7, 11) is 0. The molecule has 5 rings (SSSR count). The van der Waals surface area contributed by atoms with Crippen LogP contribution in [0, 0.1) is 5.41 Å². The van der Waals surface area contributed by atoms with E-state index in [1.807, 2.05) is 43.3 Å². The number of nitrogens with one attached hydrogen (secondary N) is 1. The molecule has 4 amide bonds. The highest BCUT2D eigenvalue weighted by atomic mass is 32.1. The Kier molecular flexibility index (Phi) is 9.91. The summed E-state index contributed by atoms with van der Waals surface area (Å²) >= 11 is 1.65. The van der Waals surface area contributed by atoms with Crippen LogP contribution in [0.25, 0.3) is 6.08 Å². The summed E-state index contributed by atoms with van der Waals surface area (Å²) in [6.07, 6.45) is 11.6. The number of ether oxygens (including phenoxy) is 1. The number of piperidine rings is 1. The van der Waals surface area contributed by atoms with Crippen LogP contribution in [0.15, 0.2) is 41.6 Å². The molecule has 0 unspecified atom stereocenters. The zero-order valence-electron chi connectivity index (χ0n) is 28.3. The van der Waals surface area contributed by atoms with E-state index in [0.29, 0.717) is 51.3 Å². The van der Waals surface area contributed by atoms with Gasteiger partial charge >= 0.3 is 6.09 Å². The molecule has 5 heterocycles. The van der Waals surface area contributed by atoms with Crippen LogP contribution in [0.1, 0.15) is 76.9 Å². The SMILES string of the molecule is CC(C)(C)OC(=O)N(CC(=O)N1CCC2(CC1)Cc1cc(C=CC(=O)N3CC=C(Cc4nccs4)CC3)cnc1NC2=O)C(C)(C)C. The van der Waals surface area contributed by atoms with Gasteiger partial charge in [-0.1, -0.05) is 11.6 Å². The summed E-state index contributed by atoms with van der Waals surface area (Å²) in [6.45, 7) is 13.0. The van der Waals surface area contributed by atoms with E-state index in [1.165, 1.54) is 10.5 Å². The second-order valence-corrected chi connectivity index (χ2v) is 15.6. The number of pyridine rings is 1. The van der Waals surface area contributed by atoms with Gasteiger partial charge in [-0.2, -0.15) is 0 Å². The van der Waals surface area contributed by atoms with Crippen molar-refractivity contribution in [3.05, 3.63) is 57.7 Å². The van der Waals surface area contributed by atoms with Crippen molar-refractivity contribution in [2.24, 2.45) is 5.41 Å². The molecule has 0 aliphatic carbocycles. The van der Waals surface area contributed by atoms with Crippen molar-refractivity contribution in [1.29, 1.82) is 0 Å². The van der Waals surface area contributed by atoms with E-state index >= 15 is 0 Å². The van der Waals surface area contributed by atoms with Gasteiger partial charge in [0.2, 0.25) is 17.7 Å². The molecule has 0 atom stereocenters. The fourth-order valence-electron chi connectivity index (χ4n) is 6.15. The minimum Gasteiger partial charge on any atom is -0.444 e. The molecule has 0 radical (unpaired) electrons. The molecule has 0 bridgehead atoms. The maximum atomic E-state index is 13.4. The molecule has 1 saturated heterocycles. The number of nitrogens with zero attached hydrogens (tertiary/aromatic N) is 5. The van der Waals surface area contributed by atoms with Gasteiger partial charge in [0.1, 0.15) is 18.0 Å². The molecule has 12 heteroatoms. The molecule has 2 aromatic rings. The van der Waals surface area contributed by atoms with Gasteiger partial charge in [-0.3, -0.25) is 19.3 Å². The summed E-state index contributed by atoms with van der Waals surface area (Å²) < 4.78 is 5.57. The van der Waals surface area contributed by atoms with Gasteiger partial charge in [0.15, 0.2) is 0 Å². The number of fused-ring (bicyclic) bond motifs is 1. The molecule has 1 N–H and O–H groups in total. The second-order valence-electron chi connectivity index (χ2n) is 14.6. The number of aromatic nitrogens is 2. The molecular formula is C35H46N6O5S. The number of carbonyl (C=O) groups is 4. The van der Waals surface area contributed by atoms with Crippen LogP contribution in [-0.2, 0) is 32.0 Å². The number of hydrogen-bond donors (Lipinski definition) is 1. The fraction of sp³-hybridized carbons (Fsp3) is 0.543. The predicted octanol–water partition coefficient (Wildman–Crippen LogP) is 5.09. The highest BCUT2D eigenvalue weighted by Gasteiger charge is 2.46. The van der Waals surface area contributed by atoms with Crippen LogP contribution in [-0.4, -0.2) is 92.3 Å². The molecule has 2 aromatic heterocycles. The smallest absolute Gasteiger partial charge is 0.411 e. The lowest BCUT2D eigenvalue weighted by Crippen LogP contribution is -2.55. The Bertz CT molecular complexity index is 1560. The molecule has 47 heavy (non-hydrogen) atoms. The third kappa shape index (κ3) is 8.46. The quantitative estimate of drug-likeness (QED) is 0.338. The van der Waals surface area contributed by atoms with E-state index in [0.717, 1.165) is 29.0 Å². The van der Waals surface area contributed by atoms with Gasteiger partial charge < -0.3 is 19.9 Å². The van der Waals surface area contributed by atoms with Crippen LogP contribution >= 0.6 is 11.3 Å². The lowest BCUT2D eigenvalue weighted by Gasteiger charge is -2.44. The Morgan fingerprint density at radius 2 is 1.83 bits per heavy atom. The van der Waals surface area contributed by atoms with E-state index in [1.54, 1.807) is 55.4 Å². The second kappa shape index (κ2) is 13.6. The summed E-state index contributed by atoms with van der Waals surface area (Å²) in [5.41, 5.74) is 1.07. The Balaban J connectivity index is 1.18. The summed E-state index contributed by atoms with van der Waals surface area (Å²) in [6, 6.07) is 1.98. The van der Waals surface area contributed by atoms with Gasteiger partial charge in [0.05, 0.1) is 10.4 Å². The maximum Gasteiger partial charge on any atom is 0.411 e. The molecule has 3 aliphatic rings. The standard InChI is InChI=1S/C35H46N6O5S/c1-33(2,3)41(32(45)46-34(4,5)6)23-29(43)40-16-11-35(12-17-40)21-26-19-25(22-37-30(26)38-31(35)44)7-8-28(42)39-14-9-24(10-15-39)20-27-36-13-18-47-27/h7-9,13,18-19,22H,10-12,14-17,20-21,23H2,1-6H3,(H,37,38,44). The Hall–Kier alpha value is -4.06. The molecule has 252 valence electrons. The first-order chi connectivity index (χ1) is 22.1. The Labute approximate surface area is 281 Å². The van der Waals surface area contributed by atoms with Gasteiger partial charge in [0.25, 0.3) is 0 Å². The lowest BCUT2D eigenvalue weighted by molar-refractivity contribution is -0.140.